The summed E-state index contributed by atoms with van der Waals surface area (Å²) in [6.07, 6.45) is 47.9. The Morgan fingerprint density at radius 1 is 0.597 bits per heavy atom. The number of aliphatic imine (C=N–C) groups is 2. The zero-order valence-corrected chi connectivity index (χ0v) is 74.0. The fraction of sp³-hybridized carbons (Fsp3) is 0.257. The van der Waals surface area contributed by atoms with Crippen molar-refractivity contribution in [1.29, 1.82) is 5.26 Å². The summed E-state index contributed by atoms with van der Waals surface area (Å²) >= 11 is 2.17. The number of aryl methyl sites for hydroxylation is 4. The molecule has 0 bridgehead atoms. The Morgan fingerprint density at radius 2 is 1.16 bits per heavy atom. The van der Waals surface area contributed by atoms with E-state index in [1.54, 1.807) is 42.8 Å². The van der Waals surface area contributed by atoms with Crippen molar-refractivity contribution in [3.63, 3.8) is 0 Å². The van der Waals surface area contributed by atoms with Gasteiger partial charge in [-0.1, -0.05) is 43.0 Å². The number of aromatic amines is 5. The molecule has 7 aromatic carbocycles. The fourth-order valence-electron chi connectivity index (χ4n) is 19.6. The van der Waals surface area contributed by atoms with Crippen LogP contribution in [0.4, 0.5) is 10.1 Å². The summed E-state index contributed by atoms with van der Waals surface area (Å²) in [5.41, 5.74) is 32.2. The number of benzene rings is 7. The number of phenolic OH excluding ortho intramolecular Hbond substituents is 2. The minimum absolute atomic E-state index is 0.0367. The molecule has 1 aliphatic heterocycles. The van der Waals surface area contributed by atoms with Crippen LogP contribution < -0.4 is 0 Å². The molecule has 0 saturated heterocycles. The van der Waals surface area contributed by atoms with Crippen LogP contribution in [0, 0.1) is 26.7 Å². The van der Waals surface area contributed by atoms with E-state index in [-0.39, 0.29) is 11.7 Å². The average molecular weight is 1820 g/mol. The standard InChI is InChI=1S/C23H24N4O.C22H19N3O.C21H21N3O2.C20H16IN3O.C19H17FN4/c1-27(2)13-15-11-14(7-10-21(15)28)23-17-6-4-3-5-16(17)22-18-12-24-26-19(18)8-9-20(22)25-23;1-2-15(26)4-3-5-20-18-12-14(13-23)6-7-16(18)22-17-10-11-24-19(17)8-9-21(22)25-20;25-21(26)16-8-6-15(7-9-16)20(14-4-2-1-3-5-14)23-18-10-11-19-17(12-18)13-22-24-19;21-15-9-11(5-8-18(15)25)20-13-4-2-1-3-12(13)19-14-10-22-24-16(14)6-7-17(19)23-20;20-17-8-5-11(9-21-17)19-13-4-2-1-3-12(13)18-14-10-22-24-15(14)6-7-16(18)23-19/h7-12,28H,3-6,13H2,1-2H3,(H,24,26);2-5,8-11,14,25-26H,1,6-7,12H2;4,6-8,10-13,16H,1-3,5,9H2,(H,22,24)(H,25,26);5-10,25H,1-4H2,(H,22,24);5-7,9-10,17H,1-4,8H2,(H,22,24)/b;5-3+,15-4+;;;. The monoisotopic (exact) mass is 1820 g/mol. The number of halogens is 2. The quantitative estimate of drug-likeness (QED) is 0.0180. The van der Waals surface area contributed by atoms with Gasteiger partial charge in [0.1, 0.15) is 17.3 Å². The van der Waals surface area contributed by atoms with Gasteiger partial charge in [0.15, 0.2) is 6.30 Å². The third kappa shape index (κ3) is 17.4. The number of alkyl halides is 1. The van der Waals surface area contributed by atoms with E-state index in [0.29, 0.717) is 30.9 Å². The number of allylic oxidation sites excluding steroid dienone is 9. The van der Waals surface area contributed by atoms with Crippen molar-refractivity contribution >= 4 is 156 Å². The summed E-state index contributed by atoms with van der Waals surface area (Å²) in [4.78, 5) is 45.2. The third-order valence-electron chi connectivity index (χ3n) is 25.9. The Bertz CT molecular complexity index is 7450. The number of aromatic hydroxyl groups is 2. The number of nitrogens with one attached hydrogen (secondary N) is 5. The normalized spacial score (nSPS) is 17.3. The third-order valence-corrected chi connectivity index (χ3v) is 26.8. The molecule has 24 heteroatoms. The summed E-state index contributed by atoms with van der Waals surface area (Å²) in [6.45, 7) is 4.24. The topological polar surface area (TPSA) is 332 Å². The van der Waals surface area contributed by atoms with Gasteiger partial charge < -0.3 is 30.3 Å². The van der Waals surface area contributed by atoms with E-state index in [9.17, 15) is 34.9 Å². The van der Waals surface area contributed by atoms with E-state index in [1.165, 1.54) is 129 Å². The molecule has 23 rings (SSSR count). The zero-order valence-electron chi connectivity index (χ0n) is 71.9. The van der Waals surface area contributed by atoms with Gasteiger partial charge in [0.25, 0.3) is 0 Å². The van der Waals surface area contributed by atoms with Crippen LogP contribution in [0.25, 0.3) is 132 Å². The molecule has 9 N–H and O–H groups in total. The van der Waals surface area contributed by atoms with Crippen LogP contribution in [0.5, 0.6) is 11.5 Å². The van der Waals surface area contributed by atoms with Gasteiger partial charge in [0, 0.05) is 107 Å². The number of nitrogens with zero attached hydrogens (tertiary/aromatic N) is 12. The number of pyridine rings is 4. The lowest BCUT2D eigenvalue weighted by Gasteiger charge is -2.24. The molecule has 10 heterocycles. The number of carboxylic acid groups (broad SMARTS) is 1. The summed E-state index contributed by atoms with van der Waals surface area (Å²) in [5, 5.41) is 87.7. The first kappa shape index (κ1) is 84.6. The number of aliphatic hydroxyl groups excluding tert-OH is 1. The Morgan fingerprint density at radius 3 is 1.74 bits per heavy atom. The number of dihydropyridines is 1. The van der Waals surface area contributed by atoms with E-state index in [4.69, 9.17) is 19.9 Å². The second kappa shape index (κ2) is 37.2. The Balaban J connectivity index is 0.000000105. The maximum absolute atomic E-state index is 13.3. The highest BCUT2D eigenvalue weighted by Crippen LogP contribution is 2.44. The molecule has 646 valence electrons. The lowest BCUT2D eigenvalue weighted by atomic mass is 9.81. The highest BCUT2D eigenvalue weighted by atomic mass is 127. The summed E-state index contributed by atoms with van der Waals surface area (Å²) in [6, 6.07) is 38.6. The number of fused-ring (bicyclic) bond motifs is 21. The summed E-state index contributed by atoms with van der Waals surface area (Å²) < 4.78 is 14.2. The van der Waals surface area contributed by atoms with Crippen LogP contribution in [-0.4, -0.2) is 129 Å². The molecule has 6 aliphatic carbocycles. The Kier molecular flexibility index (Phi) is 24.4. The molecule has 9 aromatic heterocycles. The number of rotatable bonds is 12. The zero-order chi connectivity index (χ0) is 88.3. The fourth-order valence-corrected chi connectivity index (χ4v) is 20.2. The predicted octanol–water partition coefficient (Wildman–Crippen LogP) is 23.2. The lowest BCUT2D eigenvalue weighted by Crippen LogP contribution is -2.15. The number of carboxylic acids is 1. The van der Waals surface area contributed by atoms with Crippen LogP contribution in [0.3, 0.4) is 0 Å². The SMILES string of the molecule is C=C/C(O)=C\C=C\c1[nH]c2ccc3nccc3c2c2c1CC(C#N)CC2.CN(C)Cc1cc(-c2nc3ccc4[nH]ncc4c3c3c2CCCC3)ccc1O.FC1CC=C(c2nc3ccc4[nH]ncc4c3c3c2CCCC3)C=N1.O=C(O)C1C=CC(C(=Nc2ccc3[nH]ncc3c2)C2=CCCCC2)=CC1.Oc1ccc(-c2nc3ccc4[nH]ncc4c3c3c2CCCC3)cc1I. The number of H-pyrrole nitrogens is 5. The molecule has 3 atom stereocenters. The molecule has 0 amide bonds. The maximum atomic E-state index is 13.3. The highest BCUT2D eigenvalue weighted by molar-refractivity contribution is 14.1. The number of carbonyl (C=O) groups is 1. The summed E-state index contributed by atoms with van der Waals surface area (Å²) in [5.74, 6) is -0.406. The second-order valence-electron chi connectivity index (χ2n) is 34.5. The van der Waals surface area contributed by atoms with E-state index < -0.39 is 18.2 Å². The van der Waals surface area contributed by atoms with Gasteiger partial charge >= 0.3 is 5.97 Å². The lowest BCUT2D eigenvalue weighted by molar-refractivity contribution is -0.140. The highest BCUT2D eigenvalue weighted by Gasteiger charge is 2.30. The number of aromatic nitrogens is 13. The molecule has 0 saturated carbocycles. The largest absolute Gasteiger partial charge is 0.508 e. The van der Waals surface area contributed by atoms with Crippen LogP contribution in [-0.2, 0) is 62.7 Å². The van der Waals surface area contributed by atoms with E-state index in [0.717, 1.165) is 213 Å². The van der Waals surface area contributed by atoms with Gasteiger partial charge in [-0.3, -0.25) is 35.2 Å². The molecule has 7 aliphatic rings. The van der Waals surface area contributed by atoms with Crippen LogP contribution >= 0.6 is 22.6 Å². The average Bonchev–Trinajstić information content (AvgIpc) is 1.75. The first-order valence-corrected chi connectivity index (χ1v) is 45.6. The first-order chi connectivity index (χ1) is 63.1. The van der Waals surface area contributed by atoms with Crippen molar-refractivity contribution in [1.82, 2.24) is 70.6 Å². The van der Waals surface area contributed by atoms with Crippen molar-refractivity contribution in [3.05, 3.63) is 277 Å². The van der Waals surface area contributed by atoms with Gasteiger partial charge in [-0.2, -0.15) is 25.7 Å². The number of hydrogen-bond donors (Lipinski definition) is 9. The van der Waals surface area contributed by atoms with Crippen molar-refractivity contribution in [2.75, 3.05) is 14.1 Å². The van der Waals surface area contributed by atoms with Crippen LogP contribution in [0.2, 0.25) is 0 Å². The van der Waals surface area contributed by atoms with E-state index in [1.807, 2.05) is 118 Å². The molecule has 129 heavy (non-hydrogen) atoms. The predicted molar refractivity (Wildman–Crippen MR) is 522 cm³/mol. The van der Waals surface area contributed by atoms with Gasteiger partial charge in [-0.15, -0.1) is 0 Å². The molecule has 0 spiro atoms. The smallest absolute Gasteiger partial charge is 0.310 e. The maximum Gasteiger partial charge on any atom is 0.310 e. The number of phenols is 2. The first-order valence-electron chi connectivity index (χ1n) is 44.6. The molecule has 22 nitrogen and oxygen atoms in total. The minimum atomic E-state index is -1.12. The van der Waals surface area contributed by atoms with Gasteiger partial charge in [-0.05, 0) is 348 Å². The van der Waals surface area contributed by atoms with Crippen LogP contribution in [0.1, 0.15) is 145 Å². The minimum Gasteiger partial charge on any atom is -0.508 e. The van der Waals surface area contributed by atoms with Gasteiger partial charge in [-0.25, -0.2) is 24.3 Å². The van der Waals surface area contributed by atoms with Gasteiger partial charge in [0.2, 0.25) is 0 Å². The molecule has 0 radical (unpaired) electrons. The number of hydrogen-bond acceptors (Lipinski definition) is 16. The summed E-state index contributed by atoms with van der Waals surface area (Å²) in [7, 11) is 4.02. The number of aliphatic carboxylic acids is 1. The second-order valence-corrected chi connectivity index (χ2v) is 35.6. The molecule has 16 aromatic rings. The van der Waals surface area contributed by atoms with Crippen molar-refractivity contribution in [3.8, 4) is 40.1 Å². The number of aliphatic hydroxyl groups is 1. The van der Waals surface area contributed by atoms with Crippen molar-refractivity contribution in [2.45, 2.75) is 148 Å². The van der Waals surface area contributed by atoms with Gasteiger partial charge in [0.05, 0.1) is 119 Å². The van der Waals surface area contributed by atoms with Crippen molar-refractivity contribution in [2.24, 2.45) is 21.8 Å². The molecular weight excluding hydrogens is 1730 g/mol. The molecule has 0 fully saturated rings. The molecule has 3 unspecified atom stereocenters. The Hall–Kier alpha value is -13.9. The van der Waals surface area contributed by atoms with Crippen LogP contribution in [0.15, 0.2) is 222 Å². The molecular formula is C105H97FIN17O5. The van der Waals surface area contributed by atoms with E-state index >= 15 is 0 Å². The van der Waals surface area contributed by atoms with E-state index in [2.05, 4.69) is 144 Å². The number of nitriles is 1. The van der Waals surface area contributed by atoms with Crippen molar-refractivity contribution < 1.29 is 29.6 Å². The Labute approximate surface area is 757 Å².